The zero-order valence-electron chi connectivity index (χ0n) is 14.6. The molecule has 7 heteroatoms. The molecule has 0 aliphatic rings. The van der Waals surface area contributed by atoms with Crippen molar-refractivity contribution >= 4 is 35.1 Å². The number of carbonyl (C=O) groups is 1. The monoisotopic (exact) mass is 416 g/mol. The van der Waals surface area contributed by atoms with Gasteiger partial charge in [-0.15, -0.1) is 0 Å². The lowest BCUT2D eigenvalue weighted by molar-refractivity contribution is 0.104. The number of hydrogen-bond acceptors (Lipinski definition) is 5. The van der Waals surface area contributed by atoms with Crippen LogP contribution in [-0.2, 0) is 0 Å². The summed E-state index contributed by atoms with van der Waals surface area (Å²) in [4.78, 5) is 24.1. The normalized spacial score (nSPS) is 11.0. The number of rotatable bonds is 5. The summed E-state index contributed by atoms with van der Waals surface area (Å²) < 4.78 is 10.6. The van der Waals surface area contributed by atoms with E-state index in [1.54, 1.807) is 42.5 Å². The van der Waals surface area contributed by atoms with Crippen molar-refractivity contribution in [2.45, 2.75) is 6.92 Å². The zero-order chi connectivity index (χ0) is 20.3. The highest BCUT2D eigenvalue weighted by Gasteiger charge is 2.15. The van der Waals surface area contributed by atoms with E-state index in [1.807, 2.05) is 0 Å². The molecule has 5 nitrogen and oxygen atoms in total. The Bertz CT molecular complexity index is 1110. The van der Waals surface area contributed by atoms with Crippen LogP contribution in [0.1, 0.15) is 21.7 Å². The number of allylic oxidation sites excluding steroid dienone is 1. The average molecular weight is 417 g/mol. The maximum Gasteiger partial charge on any atom is 0.351 e. The summed E-state index contributed by atoms with van der Waals surface area (Å²) in [5.41, 5.74) is -0.653. The highest BCUT2D eigenvalue weighted by Crippen LogP contribution is 2.29. The Morgan fingerprint density at radius 2 is 1.79 bits per heavy atom. The second-order valence-electron chi connectivity index (χ2n) is 5.88. The van der Waals surface area contributed by atoms with Gasteiger partial charge in [0.15, 0.2) is 5.78 Å². The van der Waals surface area contributed by atoms with Crippen LogP contribution in [0.15, 0.2) is 63.8 Å². The standard InChI is InChI=1S/C21H14Cl2O5/c1-12-7-19(25)20(21(26)27-12)18(24)6-5-13-3-2-4-16(8-13)28-17-10-14(22)9-15(23)11-17/h2-11,25H,1H3/b6-5+. The van der Waals surface area contributed by atoms with Gasteiger partial charge in [0, 0.05) is 16.1 Å². The fourth-order valence-electron chi connectivity index (χ4n) is 2.48. The van der Waals surface area contributed by atoms with Gasteiger partial charge in [-0.3, -0.25) is 4.79 Å². The second-order valence-corrected chi connectivity index (χ2v) is 6.75. The molecule has 1 aromatic heterocycles. The molecule has 0 radical (unpaired) electrons. The van der Waals surface area contributed by atoms with Gasteiger partial charge in [0.05, 0.1) is 0 Å². The molecule has 3 aromatic rings. The topological polar surface area (TPSA) is 76.7 Å². The minimum absolute atomic E-state index is 0.217. The molecule has 1 heterocycles. The lowest BCUT2D eigenvalue weighted by Crippen LogP contribution is -2.12. The molecule has 0 unspecified atom stereocenters. The number of halogens is 2. The van der Waals surface area contributed by atoms with Crippen LogP contribution < -0.4 is 10.4 Å². The van der Waals surface area contributed by atoms with E-state index < -0.39 is 22.7 Å². The summed E-state index contributed by atoms with van der Waals surface area (Å²) >= 11 is 11.9. The van der Waals surface area contributed by atoms with Crippen molar-refractivity contribution < 1.29 is 19.1 Å². The Balaban J connectivity index is 1.81. The molecular formula is C21H14Cl2O5. The third-order valence-electron chi connectivity index (χ3n) is 3.66. The van der Waals surface area contributed by atoms with E-state index >= 15 is 0 Å². The van der Waals surface area contributed by atoms with Crippen LogP contribution in [-0.4, -0.2) is 10.9 Å². The molecule has 0 atom stereocenters. The number of hydrogen-bond donors (Lipinski definition) is 1. The summed E-state index contributed by atoms with van der Waals surface area (Å²) in [7, 11) is 0. The third kappa shape index (κ3) is 4.82. The van der Waals surface area contributed by atoms with Gasteiger partial charge in [0.2, 0.25) is 0 Å². The molecule has 2 aromatic carbocycles. The molecule has 0 fully saturated rings. The summed E-state index contributed by atoms with van der Waals surface area (Å²) in [6.45, 7) is 1.50. The van der Waals surface area contributed by atoms with Crippen molar-refractivity contribution in [1.29, 1.82) is 0 Å². The molecule has 0 aliphatic heterocycles. The van der Waals surface area contributed by atoms with Gasteiger partial charge in [0.1, 0.15) is 28.6 Å². The van der Waals surface area contributed by atoms with Crippen LogP contribution in [0.25, 0.3) is 6.08 Å². The summed E-state index contributed by atoms with van der Waals surface area (Å²) in [5.74, 6) is 0.106. The molecule has 1 N–H and O–H groups in total. The van der Waals surface area contributed by atoms with E-state index in [1.165, 1.54) is 25.1 Å². The van der Waals surface area contributed by atoms with Crippen molar-refractivity contribution in [2.75, 3.05) is 0 Å². The molecule has 0 bridgehead atoms. The highest BCUT2D eigenvalue weighted by atomic mass is 35.5. The lowest BCUT2D eigenvalue weighted by atomic mass is 10.1. The maximum absolute atomic E-state index is 12.3. The van der Waals surface area contributed by atoms with Gasteiger partial charge in [-0.05, 0) is 48.9 Å². The van der Waals surface area contributed by atoms with Crippen LogP contribution in [0.4, 0.5) is 0 Å². The predicted molar refractivity (Wildman–Crippen MR) is 108 cm³/mol. The number of carbonyl (C=O) groups excluding carboxylic acids is 1. The van der Waals surface area contributed by atoms with Crippen LogP contribution in [0.2, 0.25) is 10.0 Å². The summed E-state index contributed by atoms with van der Waals surface area (Å²) in [6.07, 6.45) is 2.68. The molecule has 0 amide bonds. The van der Waals surface area contributed by atoms with Gasteiger partial charge >= 0.3 is 5.63 Å². The van der Waals surface area contributed by atoms with Crippen LogP contribution in [0.5, 0.6) is 17.2 Å². The lowest BCUT2D eigenvalue weighted by Gasteiger charge is -2.07. The Morgan fingerprint density at radius 3 is 2.46 bits per heavy atom. The number of ketones is 1. The van der Waals surface area contributed by atoms with Crippen molar-refractivity contribution in [1.82, 2.24) is 0 Å². The molecule has 0 aliphatic carbocycles. The van der Waals surface area contributed by atoms with Gasteiger partial charge in [0.25, 0.3) is 0 Å². The second kappa shape index (κ2) is 8.33. The Morgan fingerprint density at radius 1 is 1.07 bits per heavy atom. The van der Waals surface area contributed by atoms with Gasteiger partial charge in [-0.2, -0.15) is 0 Å². The smallest absolute Gasteiger partial charge is 0.351 e. The van der Waals surface area contributed by atoms with Gasteiger partial charge in [-0.1, -0.05) is 41.4 Å². The Hall–Kier alpha value is -3.02. The van der Waals surface area contributed by atoms with Crippen LogP contribution in [0.3, 0.4) is 0 Å². The first kappa shape index (κ1) is 19.7. The Kier molecular flexibility index (Phi) is 5.87. The van der Waals surface area contributed by atoms with Crippen LogP contribution >= 0.6 is 23.2 Å². The fraction of sp³-hybridized carbons (Fsp3) is 0.0476. The third-order valence-corrected chi connectivity index (χ3v) is 4.09. The first-order valence-electron chi connectivity index (χ1n) is 8.12. The van der Waals surface area contributed by atoms with Crippen molar-refractivity contribution in [3.63, 3.8) is 0 Å². The van der Waals surface area contributed by atoms with E-state index in [4.69, 9.17) is 32.4 Å². The number of aryl methyl sites for hydroxylation is 1. The largest absolute Gasteiger partial charge is 0.507 e. The zero-order valence-corrected chi connectivity index (χ0v) is 16.1. The van der Waals surface area contributed by atoms with E-state index in [0.717, 1.165) is 0 Å². The van der Waals surface area contributed by atoms with Gasteiger partial charge in [-0.25, -0.2) is 4.79 Å². The van der Waals surface area contributed by atoms with Gasteiger partial charge < -0.3 is 14.3 Å². The van der Waals surface area contributed by atoms with E-state index in [0.29, 0.717) is 27.1 Å². The molecule has 142 valence electrons. The molecule has 3 rings (SSSR count). The summed E-state index contributed by atoms with van der Waals surface area (Å²) in [6, 6.07) is 13.0. The average Bonchev–Trinajstić information content (AvgIpc) is 2.58. The fourth-order valence-corrected chi connectivity index (χ4v) is 2.99. The maximum atomic E-state index is 12.3. The minimum Gasteiger partial charge on any atom is -0.507 e. The first-order chi connectivity index (χ1) is 13.3. The van der Waals surface area contributed by atoms with Crippen molar-refractivity contribution in [3.8, 4) is 17.2 Å². The first-order valence-corrected chi connectivity index (χ1v) is 8.87. The predicted octanol–water partition coefficient (Wildman–Crippen LogP) is 5.65. The molecule has 0 saturated carbocycles. The Labute approximate surface area is 170 Å². The minimum atomic E-state index is -0.887. The molecular weight excluding hydrogens is 403 g/mol. The summed E-state index contributed by atoms with van der Waals surface area (Å²) in [5, 5.41) is 10.7. The number of ether oxygens (including phenoxy) is 1. The van der Waals surface area contributed by atoms with Crippen LogP contribution in [0, 0.1) is 6.92 Å². The van der Waals surface area contributed by atoms with E-state index in [-0.39, 0.29) is 5.76 Å². The van der Waals surface area contributed by atoms with E-state index in [9.17, 15) is 14.7 Å². The SMILES string of the molecule is Cc1cc(O)c(C(=O)/C=C/c2cccc(Oc3cc(Cl)cc(Cl)c3)c2)c(=O)o1. The molecule has 0 saturated heterocycles. The molecule has 0 spiro atoms. The highest BCUT2D eigenvalue weighted by molar-refractivity contribution is 6.34. The molecule has 28 heavy (non-hydrogen) atoms. The quantitative estimate of drug-likeness (QED) is 0.429. The van der Waals surface area contributed by atoms with Crippen molar-refractivity contribution in [2.24, 2.45) is 0 Å². The van der Waals surface area contributed by atoms with Crippen molar-refractivity contribution in [3.05, 3.63) is 92.0 Å². The van der Waals surface area contributed by atoms with E-state index in [2.05, 4.69) is 0 Å². The number of benzene rings is 2. The number of aromatic hydroxyl groups is 1.